The van der Waals surface area contributed by atoms with E-state index in [0.29, 0.717) is 23.9 Å². The third kappa shape index (κ3) is 2.63. The smallest absolute Gasteiger partial charge is 0.183 e. The topological polar surface area (TPSA) is 73.1 Å². The van der Waals surface area contributed by atoms with Crippen LogP contribution in [0.1, 0.15) is 39.5 Å². The van der Waals surface area contributed by atoms with Crippen molar-refractivity contribution in [2.45, 2.75) is 49.7 Å². The number of nitrogens with zero attached hydrogens (tertiary/aromatic N) is 2. The largest absolute Gasteiger partial charge is 0.243 e. The molecule has 0 spiro atoms. The summed E-state index contributed by atoms with van der Waals surface area (Å²) >= 11 is 0. The lowest BCUT2D eigenvalue weighted by atomic mass is 10.2. The lowest BCUT2D eigenvalue weighted by Gasteiger charge is -2.15. The summed E-state index contributed by atoms with van der Waals surface area (Å²) in [4.78, 5) is 0.231. The highest BCUT2D eigenvalue weighted by molar-refractivity contribution is 7.92. The molecule has 19 heavy (non-hydrogen) atoms. The summed E-state index contributed by atoms with van der Waals surface area (Å²) in [7, 11) is -3.38. The van der Waals surface area contributed by atoms with Gasteiger partial charge in [-0.15, -0.1) is 0 Å². The van der Waals surface area contributed by atoms with Crippen LogP contribution in [-0.2, 0) is 9.84 Å². The van der Waals surface area contributed by atoms with Crippen LogP contribution in [0.15, 0.2) is 27.7 Å². The molecule has 5 nitrogen and oxygen atoms in total. The van der Waals surface area contributed by atoms with Crippen molar-refractivity contribution >= 4 is 20.9 Å². The molecule has 104 valence electrons. The number of sulfone groups is 1. The lowest BCUT2D eigenvalue weighted by molar-refractivity contribution is 0.315. The summed E-state index contributed by atoms with van der Waals surface area (Å²) in [5, 5.41) is 7.04. The molecule has 1 aromatic heterocycles. The minimum Gasteiger partial charge on any atom is -0.243 e. The molecule has 0 aliphatic rings. The molecule has 1 unspecified atom stereocenters. The maximum atomic E-state index is 12.7. The fourth-order valence-corrected chi connectivity index (χ4v) is 4.16. The number of fused-ring (bicyclic) bond motifs is 1. The number of rotatable bonds is 6. The van der Waals surface area contributed by atoms with Gasteiger partial charge in [0.2, 0.25) is 0 Å². The Balaban J connectivity index is 2.45. The van der Waals surface area contributed by atoms with E-state index in [1.807, 2.05) is 6.92 Å². The van der Waals surface area contributed by atoms with Crippen molar-refractivity contribution in [3.05, 3.63) is 18.2 Å². The molecule has 1 aromatic carbocycles. The summed E-state index contributed by atoms with van der Waals surface area (Å²) in [5.74, 6) is 0. The van der Waals surface area contributed by atoms with Crippen molar-refractivity contribution in [3.63, 3.8) is 0 Å². The van der Waals surface area contributed by atoms with Crippen LogP contribution in [0.3, 0.4) is 0 Å². The molecule has 6 heteroatoms. The predicted octanol–water partition coefficient (Wildman–Crippen LogP) is 2.97. The molecule has 0 aliphatic heterocycles. The van der Waals surface area contributed by atoms with Gasteiger partial charge in [-0.2, -0.15) is 0 Å². The molecular weight excluding hydrogens is 264 g/mol. The SMILES string of the molecule is CCCCC(CC)S(=O)(=O)c1cccc2nonc12. The molecule has 0 saturated heterocycles. The predicted molar refractivity (Wildman–Crippen MR) is 72.6 cm³/mol. The lowest BCUT2D eigenvalue weighted by Crippen LogP contribution is -2.21. The summed E-state index contributed by atoms with van der Waals surface area (Å²) in [5.41, 5.74) is 0.809. The first-order valence-corrected chi connectivity index (χ1v) is 8.11. The normalized spacial score (nSPS) is 13.8. The molecule has 1 atom stereocenters. The monoisotopic (exact) mass is 282 g/mol. The molecule has 2 aromatic rings. The summed E-state index contributed by atoms with van der Waals surface area (Å²) in [6.45, 7) is 3.96. The van der Waals surface area contributed by atoms with Crippen molar-refractivity contribution in [1.82, 2.24) is 10.3 Å². The van der Waals surface area contributed by atoms with Crippen LogP contribution < -0.4 is 0 Å². The van der Waals surface area contributed by atoms with Gasteiger partial charge in [0.05, 0.1) is 10.1 Å². The number of unbranched alkanes of at least 4 members (excludes halogenated alkanes) is 1. The average molecular weight is 282 g/mol. The summed E-state index contributed by atoms with van der Waals surface area (Å²) in [6.07, 6.45) is 3.17. The highest BCUT2D eigenvalue weighted by Crippen LogP contribution is 2.27. The van der Waals surface area contributed by atoms with E-state index in [4.69, 9.17) is 0 Å². The number of aromatic nitrogens is 2. The molecule has 0 fully saturated rings. The second-order valence-corrected chi connectivity index (χ2v) is 6.80. The van der Waals surface area contributed by atoms with Crippen LogP contribution in [-0.4, -0.2) is 24.0 Å². The summed E-state index contributed by atoms with van der Waals surface area (Å²) in [6, 6.07) is 4.94. The van der Waals surface area contributed by atoms with Gasteiger partial charge in [0.25, 0.3) is 0 Å². The van der Waals surface area contributed by atoms with Gasteiger partial charge in [0, 0.05) is 0 Å². The maximum Gasteiger partial charge on any atom is 0.183 e. The van der Waals surface area contributed by atoms with E-state index in [1.54, 1.807) is 18.2 Å². The van der Waals surface area contributed by atoms with Crippen molar-refractivity contribution in [3.8, 4) is 0 Å². The Bertz CT molecular complexity index is 649. The highest BCUT2D eigenvalue weighted by Gasteiger charge is 2.28. The van der Waals surface area contributed by atoms with Gasteiger partial charge in [-0.3, -0.25) is 0 Å². The molecule has 0 amide bonds. The average Bonchev–Trinajstić information content (AvgIpc) is 2.87. The minimum absolute atomic E-state index is 0.231. The molecule has 1 heterocycles. The molecular formula is C13H18N2O3S. The van der Waals surface area contributed by atoms with Crippen LogP contribution in [0.2, 0.25) is 0 Å². The van der Waals surface area contributed by atoms with Gasteiger partial charge in [0.1, 0.15) is 5.52 Å². The van der Waals surface area contributed by atoms with Crippen LogP contribution in [0.5, 0.6) is 0 Å². The minimum atomic E-state index is -3.38. The van der Waals surface area contributed by atoms with E-state index in [-0.39, 0.29) is 10.1 Å². The second-order valence-electron chi connectivity index (χ2n) is 4.61. The van der Waals surface area contributed by atoms with Gasteiger partial charge in [-0.05, 0) is 35.3 Å². The molecule has 0 aliphatic carbocycles. The Morgan fingerprint density at radius 3 is 2.74 bits per heavy atom. The molecule has 0 saturated carbocycles. The third-order valence-corrected chi connectivity index (χ3v) is 5.72. The fraction of sp³-hybridized carbons (Fsp3) is 0.538. The zero-order valence-corrected chi connectivity index (χ0v) is 12.0. The molecule has 0 bridgehead atoms. The van der Waals surface area contributed by atoms with Crippen LogP contribution in [0, 0.1) is 0 Å². The van der Waals surface area contributed by atoms with Gasteiger partial charge in [-0.1, -0.05) is 32.8 Å². The Labute approximate surface area is 112 Å². The second kappa shape index (κ2) is 5.69. The molecule has 0 radical (unpaired) electrons. The zero-order chi connectivity index (χ0) is 13.9. The van der Waals surface area contributed by atoms with Crippen molar-refractivity contribution in [2.75, 3.05) is 0 Å². The third-order valence-electron chi connectivity index (χ3n) is 3.33. The van der Waals surface area contributed by atoms with Gasteiger partial charge in [-0.25, -0.2) is 13.0 Å². The van der Waals surface area contributed by atoms with E-state index in [2.05, 4.69) is 21.9 Å². The van der Waals surface area contributed by atoms with Crippen LogP contribution in [0.4, 0.5) is 0 Å². The van der Waals surface area contributed by atoms with E-state index < -0.39 is 9.84 Å². The number of hydrogen-bond acceptors (Lipinski definition) is 5. The van der Waals surface area contributed by atoms with E-state index in [1.165, 1.54) is 0 Å². The first-order valence-electron chi connectivity index (χ1n) is 6.56. The Kier molecular flexibility index (Phi) is 4.19. The highest BCUT2D eigenvalue weighted by atomic mass is 32.2. The molecule has 2 rings (SSSR count). The summed E-state index contributed by atoms with van der Waals surface area (Å²) < 4.78 is 30.0. The maximum absolute atomic E-state index is 12.7. The zero-order valence-electron chi connectivity index (χ0n) is 11.2. The quantitative estimate of drug-likeness (QED) is 0.814. The van der Waals surface area contributed by atoms with Gasteiger partial charge in [0.15, 0.2) is 15.4 Å². The van der Waals surface area contributed by atoms with E-state index in [9.17, 15) is 8.42 Å². The van der Waals surface area contributed by atoms with E-state index >= 15 is 0 Å². The number of hydrogen-bond donors (Lipinski definition) is 0. The number of benzene rings is 1. The first kappa shape index (κ1) is 14.0. The first-order chi connectivity index (χ1) is 9.11. The van der Waals surface area contributed by atoms with Crippen molar-refractivity contribution in [2.24, 2.45) is 0 Å². The van der Waals surface area contributed by atoms with Gasteiger partial charge >= 0.3 is 0 Å². The standard InChI is InChI=1S/C13H18N2O3S/c1-3-5-7-10(4-2)19(16,17)12-9-6-8-11-13(12)15-18-14-11/h6,8-10H,3-5,7H2,1-2H3. The Hall–Kier alpha value is -1.43. The van der Waals surface area contributed by atoms with Crippen LogP contribution in [0.25, 0.3) is 11.0 Å². The Morgan fingerprint density at radius 1 is 1.26 bits per heavy atom. The molecule has 0 N–H and O–H groups in total. The fourth-order valence-electron chi connectivity index (χ4n) is 2.20. The van der Waals surface area contributed by atoms with E-state index in [0.717, 1.165) is 12.8 Å². The van der Waals surface area contributed by atoms with Gasteiger partial charge < -0.3 is 0 Å². The van der Waals surface area contributed by atoms with Crippen molar-refractivity contribution < 1.29 is 13.0 Å². The van der Waals surface area contributed by atoms with Crippen LogP contribution >= 0.6 is 0 Å². The Morgan fingerprint density at radius 2 is 2.05 bits per heavy atom. The van der Waals surface area contributed by atoms with Crippen molar-refractivity contribution in [1.29, 1.82) is 0 Å².